The van der Waals surface area contributed by atoms with Crippen LogP contribution in [-0.4, -0.2) is 62.4 Å². The van der Waals surface area contributed by atoms with Crippen molar-refractivity contribution in [3.63, 3.8) is 0 Å². The number of benzene rings is 1. The summed E-state index contributed by atoms with van der Waals surface area (Å²) >= 11 is 0. The minimum atomic E-state index is -5.32. The number of alkyl halides is 3. The number of likely N-dealkylation sites (N-methyl/N-ethyl adjacent to an activating group) is 1. The van der Waals surface area contributed by atoms with Gasteiger partial charge in [0.15, 0.2) is 0 Å². The van der Waals surface area contributed by atoms with Gasteiger partial charge in [0, 0.05) is 32.6 Å². The summed E-state index contributed by atoms with van der Waals surface area (Å²) in [5.74, 6) is 0.213. The van der Waals surface area contributed by atoms with Crippen LogP contribution in [0.1, 0.15) is 51.0 Å². The van der Waals surface area contributed by atoms with Crippen molar-refractivity contribution in [2.24, 2.45) is 0 Å². The second kappa shape index (κ2) is 9.93. The van der Waals surface area contributed by atoms with Crippen LogP contribution in [0, 0.1) is 0 Å². The van der Waals surface area contributed by atoms with Gasteiger partial charge < -0.3 is 9.80 Å². The lowest BCUT2D eigenvalue weighted by molar-refractivity contribution is -0.130. The van der Waals surface area contributed by atoms with Crippen molar-refractivity contribution < 1.29 is 26.4 Å². The number of nitrogens with zero attached hydrogens (tertiary/aromatic N) is 2. The van der Waals surface area contributed by atoms with Crippen molar-refractivity contribution in [3.8, 4) is 0 Å². The molecule has 0 N–H and O–H groups in total. The second-order valence-corrected chi connectivity index (χ2v) is 9.45. The molecule has 29 heavy (non-hydrogen) atoms. The first kappa shape index (κ1) is 23.7. The van der Waals surface area contributed by atoms with Gasteiger partial charge in [0.25, 0.3) is 9.84 Å². The number of likely N-dealkylation sites (tertiary alicyclic amines) is 1. The number of halogens is 3. The standard InChI is InChI=1S/C20H29F3N2O3S/c1-3-24(13-14-25-12-6-4-5-7-19(25)26)15-16(2)17-8-10-18(11-9-17)29(27,28)20(21,22)23/h8-11,16H,3-7,12-15H2,1-2H3. The maximum Gasteiger partial charge on any atom is 0.501 e. The van der Waals surface area contributed by atoms with Crippen LogP contribution in [0.25, 0.3) is 0 Å². The van der Waals surface area contributed by atoms with Crippen molar-refractivity contribution >= 4 is 15.7 Å². The average Bonchev–Trinajstić information content (AvgIpc) is 2.88. The Morgan fingerprint density at radius 3 is 2.38 bits per heavy atom. The number of rotatable bonds is 8. The van der Waals surface area contributed by atoms with Gasteiger partial charge in [-0.2, -0.15) is 13.2 Å². The predicted molar refractivity (Wildman–Crippen MR) is 105 cm³/mol. The maximum absolute atomic E-state index is 12.7. The summed E-state index contributed by atoms with van der Waals surface area (Å²) in [6.07, 6.45) is 3.66. The number of carbonyl (C=O) groups excluding carboxylic acids is 1. The summed E-state index contributed by atoms with van der Waals surface area (Å²) < 4.78 is 61.0. The molecule has 1 saturated heterocycles. The number of carbonyl (C=O) groups is 1. The van der Waals surface area contributed by atoms with E-state index in [1.807, 2.05) is 18.7 Å². The van der Waals surface area contributed by atoms with E-state index in [9.17, 15) is 26.4 Å². The van der Waals surface area contributed by atoms with Gasteiger partial charge in [0.2, 0.25) is 5.91 Å². The summed E-state index contributed by atoms with van der Waals surface area (Å²) in [5.41, 5.74) is -4.53. The van der Waals surface area contributed by atoms with E-state index in [0.717, 1.165) is 56.6 Å². The van der Waals surface area contributed by atoms with E-state index in [4.69, 9.17) is 0 Å². The third-order valence-corrected chi connectivity index (χ3v) is 6.90. The molecule has 1 unspecified atom stereocenters. The van der Waals surface area contributed by atoms with Crippen molar-refractivity contribution in [1.82, 2.24) is 9.80 Å². The van der Waals surface area contributed by atoms with Crippen molar-refractivity contribution in [2.45, 2.75) is 55.9 Å². The molecule has 0 aromatic heterocycles. The maximum atomic E-state index is 12.7. The summed E-state index contributed by atoms with van der Waals surface area (Å²) in [6.45, 7) is 7.62. The molecule has 1 aliphatic rings. The Bertz CT molecular complexity index is 779. The Morgan fingerprint density at radius 2 is 1.79 bits per heavy atom. The Balaban J connectivity index is 1.96. The first-order valence-electron chi connectivity index (χ1n) is 9.97. The molecule has 9 heteroatoms. The van der Waals surface area contributed by atoms with Gasteiger partial charge in [-0.1, -0.05) is 32.4 Å². The van der Waals surface area contributed by atoms with Crippen molar-refractivity contribution in [1.29, 1.82) is 0 Å². The highest BCUT2D eigenvalue weighted by molar-refractivity contribution is 7.92. The van der Waals surface area contributed by atoms with E-state index >= 15 is 0 Å². The van der Waals surface area contributed by atoms with Crippen LogP contribution in [0.5, 0.6) is 0 Å². The van der Waals surface area contributed by atoms with Crippen LogP contribution in [0.2, 0.25) is 0 Å². The van der Waals surface area contributed by atoms with Gasteiger partial charge in [0.1, 0.15) is 0 Å². The minimum Gasteiger partial charge on any atom is -0.341 e. The molecule has 0 radical (unpaired) electrons. The highest BCUT2D eigenvalue weighted by Gasteiger charge is 2.46. The van der Waals surface area contributed by atoms with Gasteiger partial charge in [-0.05, 0) is 43.0 Å². The molecule has 164 valence electrons. The number of sulfone groups is 1. The second-order valence-electron chi connectivity index (χ2n) is 7.50. The zero-order chi connectivity index (χ0) is 21.7. The highest BCUT2D eigenvalue weighted by atomic mass is 32.2. The lowest BCUT2D eigenvalue weighted by atomic mass is 10.0. The molecule has 0 bridgehead atoms. The largest absolute Gasteiger partial charge is 0.501 e. The van der Waals surface area contributed by atoms with E-state index < -0.39 is 20.2 Å². The third-order valence-electron chi connectivity index (χ3n) is 5.40. The van der Waals surface area contributed by atoms with Crippen LogP contribution in [0.15, 0.2) is 29.2 Å². The summed E-state index contributed by atoms with van der Waals surface area (Å²) in [6, 6.07) is 4.91. The van der Waals surface area contributed by atoms with Gasteiger partial charge in [-0.25, -0.2) is 8.42 Å². The molecule has 0 spiro atoms. The Labute approximate surface area is 170 Å². The van der Waals surface area contributed by atoms with Crippen molar-refractivity contribution in [3.05, 3.63) is 29.8 Å². The lowest BCUT2D eigenvalue weighted by Gasteiger charge is -2.28. The molecule has 1 atom stereocenters. The Morgan fingerprint density at radius 1 is 1.14 bits per heavy atom. The average molecular weight is 435 g/mol. The smallest absolute Gasteiger partial charge is 0.341 e. The van der Waals surface area contributed by atoms with Crippen LogP contribution in [-0.2, 0) is 14.6 Å². The first-order valence-corrected chi connectivity index (χ1v) is 11.5. The number of hydrogen-bond donors (Lipinski definition) is 0. The molecular weight excluding hydrogens is 405 g/mol. The fourth-order valence-corrected chi connectivity index (χ4v) is 4.28. The zero-order valence-electron chi connectivity index (χ0n) is 16.9. The molecule has 1 aromatic rings. The quantitative estimate of drug-likeness (QED) is 0.624. The van der Waals surface area contributed by atoms with E-state index in [1.54, 1.807) is 0 Å². The van der Waals surface area contributed by atoms with Gasteiger partial charge >= 0.3 is 5.51 Å². The molecule has 1 heterocycles. The van der Waals surface area contributed by atoms with E-state index in [-0.39, 0.29) is 11.8 Å². The van der Waals surface area contributed by atoms with Crippen LogP contribution < -0.4 is 0 Å². The van der Waals surface area contributed by atoms with E-state index in [1.165, 1.54) is 12.1 Å². The molecule has 0 saturated carbocycles. The molecule has 1 aromatic carbocycles. The normalized spacial score (nSPS) is 17.4. The summed E-state index contributed by atoms with van der Waals surface area (Å²) in [7, 11) is -5.32. The van der Waals surface area contributed by atoms with Gasteiger partial charge in [-0.15, -0.1) is 0 Å². The van der Waals surface area contributed by atoms with Crippen molar-refractivity contribution in [2.75, 3.05) is 32.7 Å². The Kier molecular flexibility index (Phi) is 8.10. The molecular formula is C20H29F3N2O3S. The first-order chi connectivity index (χ1) is 13.6. The van der Waals surface area contributed by atoms with Gasteiger partial charge in [0.05, 0.1) is 4.90 Å². The number of hydrogen-bond acceptors (Lipinski definition) is 4. The zero-order valence-corrected chi connectivity index (χ0v) is 17.7. The molecule has 1 amide bonds. The van der Waals surface area contributed by atoms with Crippen LogP contribution in [0.3, 0.4) is 0 Å². The minimum absolute atomic E-state index is 0.0115. The topological polar surface area (TPSA) is 57.7 Å². The SMILES string of the molecule is CCN(CCN1CCCCCC1=O)CC(C)c1ccc(S(=O)(=O)C(F)(F)F)cc1. The number of amides is 1. The molecule has 1 aliphatic heterocycles. The molecule has 2 rings (SSSR count). The van der Waals surface area contributed by atoms with E-state index in [2.05, 4.69) is 4.90 Å². The lowest BCUT2D eigenvalue weighted by Crippen LogP contribution is -2.39. The van der Waals surface area contributed by atoms with E-state index in [0.29, 0.717) is 19.5 Å². The van der Waals surface area contributed by atoms with Gasteiger partial charge in [-0.3, -0.25) is 4.79 Å². The fourth-order valence-electron chi connectivity index (χ4n) is 3.52. The molecule has 1 fully saturated rings. The van der Waals surface area contributed by atoms with Crippen LogP contribution >= 0.6 is 0 Å². The summed E-state index contributed by atoms with van der Waals surface area (Å²) in [4.78, 5) is 15.5. The third kappa shape index (κ3) is 6.18. The highest BCUT2D eigenvalue weighted by Crippen LogP contribution is 2.31. The van der Waals surface area contributed by atoms with Crippen LogP contribution in [0.4, 0.5) is 13.2 Å². The monoisotopic (exact) mass is 434 g/mol. The Hall–Kier alpha value is -1.61. The molecule has 0 aliphatic carbocycles. The molecule has 5 nitrogen and oxygen atoms in total. The summed E-state index contributed by atoms with van der Waals surface area (Å²) in [5, 5.41) is 0. The fraction of sp³-hybridized carbons (Fsp3) is 0.650. The predicted octanol–water partition coefficient (Wildman–Crippen LogP) is 3.81.